The first-order chi connectivity index (χ1) is 24.1. The van der Waals surface area contributed by atoms with Crippen LogP contribution in [0.25, 0.3) is 24.3 Å². The summed E-state index contributed by atoms with van der Waals surface area (Å²) >= 11 is 0. The minimum atomic E-state index is 0.640. The van der Waals surface area contributed by atoms with Crippen LogP contribution in [-0.2, 0) is 0 Å². The molecule has 49 heavy (non-hydrogen) atoms. The van der Waals surface area contributed by atoms with Crippen LogP contribution in [0.4, 0.5) is 5.69 Å². The molecule has 0 atom stereocenters. The topological polar surface area (TPSA) is 27.0 Å². The monoisotopic (exact) mass is 634 g/mol. The van der Waals surface area contributed by atoms with Crippen LogP contribution < -0.4 is 4.90 Å². The van der Waals surface area contributed by atoms with Gasteiger partial charge in [-0.25, -0.2) is 0 Å². The number of rotatable bonds is 11. The first kappa shape index (κ1) is 34.3. The fourth-order valence-electron chi connectivity index (χ4n) is 5.35. The molecular formula is C47H42N2. The number of unbranched alkanes of at least 4 members (excludes halogenated alkanes) is 2. The fraction of sp³-hybridized carbons (Fsp3) is 0.170. The zero-order chi connectivity index (χ0) is 34.1. The number of benzene rings is 5. The van der Waals surface area contributed by atoms with E-state index in [1.54, 1.807) is 0 Å². The maximum absolute atomic E-state index is 9.22. The second-order valence-electron chi connectivity index (χ2n) is 11.9. The number of nitrogens with zero attached hydrogens (tertiary/aromatic N) is 2. The van der Waals surface area contributed by atoms with Crippen LogP contribution in [0.3, 0.4) is 0 Å². The van der Waals surface area contributed by atoms with Crippen molar-refractivity contribution in [3.8, 4) is 29.8 Å². The third kappa shape index (κ3) is 10.5. The molecule has 0 spiro atoms. The van der Waals surface area contributed by atoms with Crippen molar-refractivity contribution in [3.05, 3.63) is 171 Å². The molecule has 0 unspecified atom stereocenters. The van der Waals surface area contributed by atoms with Crippen molar-refractivity contribution in [1.82, 2.24) is 0 Å². The van der Waals surface area contributed by atoms with E-state index in [4.69, 9.17) is 0 Å². The third-order valence-electron chi connectivity index (χ3n) is 8.22. The standard InChI is InChI=1S/C47H42N2/c1-3-5-33-49(34-6-4-2)47-31-25-41(26-32-47)24-30-46-36-43(27-21-38-13-9-7-10-14-38)45(29-23-40-17-19-42(37-48)20-18-40)35-44(46)28-22-39-15-11-8-12-16-39/h7-20,23-26,29-32,35-36H,3-6,33-34H2,1-2H3/b29-23+,30-24+. The number of anilines is 1. The Labute approximate surface area is 293 Å². The summed E-state index contributed by atoms with van der Waals surface area (Å²) in [6, 6.07) is 43.1. The van der Waals surface area contributed by atoms with Crippen LogP contribution in [0.5, 0.6) is 0 Å². The first-order valence-corrected chi connectivity index (χ1v) is 17.2. The molecular weight excluding hydrogens is 593 g/mol. The summed E-state index contributed by atoms with van der Waals surface area (Å²) in [5.41, 5.74) is 9.81. The minimum absolute atomic E-state index is 0.640. The highest BCUT2D eigenvalue weighted by atomic mass is 15.1. The molecule has 240 valence electrons. The van der Waals surface area contributed by atoms with Gasteiger partial charge in [0.2, 0.25) is 0 Å². The molecule has 5 rings (SSSR count). The highest BCUT2D eigenvalue weighted by Crippen LogP contribution is 2.23. The van der Waals surface area contributed by atoms with Crippen molar-refractivity contribution in [2.75, 3.05) is 18.0 Å². The van der Waals surface area contributed by atoms with Crippen molar-refractivity contribution < 1.29 is 0 Å². The van der Waals surface area contributed by atoms with Crippen LogP contribution in [0.15, 0.2) is 121 Å². The lowest BCUT2D eigenvalue weighted by Gasteiger charge is -2.24. The Bertz CT molecular complexity index is 2010. The Morgan fingerprint density at radius 1 is 0.510 bits per heavy atom. The summed E-state index contributed by atoms with van der Waals surface area (Å²) in [5.74, 6) is 13.6. The number of hydrogen-bond donors (Lipinski definition) is 0. The Balaban J connectivity index is 1.55. The van der Waals surface area contributed by atoms with Gasteiger partial charge in [-0.3, -0.25) is 0 Å². The van der Waals surface area contributed by atoms with Gasteiger partial charge in [-0.1, -0.05) is 135 Å². The van der Waals surface area contributed by atoms with E-state index in [2.05, 4.69) is 109 Å². The van der Waals surface area contributed by atoms with Crippen LogP contribution in [0.1, 0.15) is 89.6 Å². The predicted molar refractivity (Wildman–Crippen MR) is 209 cm³/mol. The van der Waals surface area contributed by atoms with Crippen LogP contribution in [0, 0.1) is 35.0 Å². The van der Waals surface area contributed by atoms with Crippen molar-refractivity contribution in [2.45, 2.75) is 39.5 Å². The van der Waals surface area contributed by atoms with Gasteiger partial charge in [0.25, 0.3) is 0 Å². The van der Waals surface area contributed by atoms with Crippen molar-refractivity contribution in [2.24, 2.45) is 0 Å². The zero-order valence-electron chi connectivity index (χ0n) is 28.5. The maximum Gasteiger partial charge on any atom is 0.0991 e. The molecule has 0 radical (unpaired) electrons. The van der Waals surface area contributed by atoms with Crippen molar-refractivity contribution in [1.29, 1.82) is 5.26 Å². The molecule has 0 amide bonds. The smallest absolute Gasteiger partial charge is 0.0991 e. The normalized spacial score (nSPS) is 10.6. The average molecular weight is 635 g/mol. The zero-order valence-corrected chi connectivity index (χ0v) is 28.5. The summed E-state index contributed by atoms with van der Waals surface area (Å²) in [5, 5.41) is 9.22. The van der Waals surface area contributed by atoms with Crippen molar-refractivity contribution >= 4 is 30.0 Å². The van der Waals surface area contributed by atoms with Gasteiger partial charge in [-0.15, -0.1) is 0 Å². The molecule has 0 fully saturated rings. The molecule has 0 N–H and O–H groups in total. The van der Waals surface area contributed by atoms with E-state index < -0.39 is 0 Å². The van der Waals surface area contributed by atoms with E-state index in [1.807, 2.05) is 84.9 Å². The Morgan fingerprint density at radius 3 is 1.39 bits per heavy atom. The van der Waals surface area contributed by atoms with Crippen LogP contribution in [-0.4, -0.2) is 13.1 Å². The van der Waals surface area contributed by atoms with Gasteiger partial charge in [0, 0.05) is 41.0 Å². The molecule has 5 aromatic rings. The molecule has 0 bridgehead atoms. The molecule has 0 aliphatic carbocycles. The summed E-state index contributed by atoms with van der Waals surface area (Å²) in [6.45, 7) is 6.68. The molecule has 0 aliphatic heterocycles. The maximum atomic E-state index is 9.22. The van der Waals surface area contributed by atoms with E-state index in [0.29, 0.717) is 5.56 Å². The lowest BCUT2D eigenvalue weighted by atomic mass is 9.96. The van der Waals surface area contributed by atoms with Gasteiger partial charge in [0.1, 0.15) is 0 Å². The van der Waals surface area contributed by atoms with E-state index >= 15 is 0 Å². The van der Waals surface area contributed by atoms with Gasteiger partial charge in [-0.05, 0) is 95.8 Å². The molecule has 5 aromatic carbocycles. The van der Waals surface area contributed by atoms with Gasteiger partial charge >= 0.3 is 0 Å². The molecule has 0 saturated heterocycles. The van der Waals surface area contributed by atoms with Gasteiger partial charge in [-0.2, -0.15) is 5.26 Å². The van der Waals surface area contributed by atoms with Crippen molar-refractivity contribution in [3.63, 3.8) is 0 Å². The van der Waals surface area contributed by atoms with Gasteiger partial charge in [0.05, 0.1) is 11.6 Å². The molecule has 2 nitrogen and oxygen atoms in total. The Hall–Kier alpha value is -6.01. The summed E-state index contributed by atoms with van der Waals surface area (Å²) in [4.78, 5) is 2.51. The number of nitriles is 1. The lowest BCUT2D eigenvalue weighted by Crippen LogP contribution is -2.25. The molecule has 0 heterocycles. The van der Waals surface area contributed by atoms with Gasteiger partial charge < -0.3 is 4.90 Å². The molecule has 0 saturated carbocycles. The van der Waals surface area contributed by atoms with E-state index in [-0.39, 0.29) is 0 Å². The van der Waals surface area contributed by atoms with Crippen LogP contribution in [0.2, 0.25) is 0 Å². The van der Waals surface area contributed by atoms with E-state index in [0.717, 1.165) is 57.6 Å². The molecule has 2 heteroatoms. The molecule has 0 aliphatic rings. The quantitative estimate of drug-likeness (QED) is 0.107. The Morgan fingerprint density at radius 2 is 0.959 bits per heavy atom. The fourth-order valence-corrected chi connectivity index (χ4v) is 5.35. The largest absolute Gasteiger partial charge is 0.372 e. The highest BCUT2D eigenvalue weighted by molar-refractivity contribution is 5.80. The average Bonchev–Trinajstić information content (AvgIpc) is 3.16. The van der Waals surface area contributed by atoms with Gasteiger partial charge in [0.15, 0.2) is 0 Å². The van der Waals surface area contributed by atoms with E-state index in [9.17, 15) is 5.26 Å². The molecule has 0 aromatic heterocycles. The summed E-state index contributed by atoms with van der Waals surface area (Å²) in [7, 11) is 0. The second kappa shape index (κ2) is 18.4. The van der Waals surface area contributed by atoms with Crippen LogP contribution >= 0.6 is 0 Å². The predicted octanol–water partition coefficient (Wildman–Crippen LogP) is 11.1. The second-order valence-corrected chi connectivity index (χ2v) is 11.9. The Kier molecular flexibility index (Phi) is 12.9. The first-order valence-electron chi connectivity index (χ1n) is 17.2. The number of hydrogen-bond acceptors (Lipinski definition) is 2. The third-order valence-corrected chi connectivity index (χ3v) is 8.22. The summed E-state index contributed by atoms with van der Waals surface area (Å²) < 4.78 is 0. The summed E-state index contributed by atoms with van der Waals surface area (Å²) in [6.07, 6.45) is 13.2. The highest BCUT2D eigenvalue weighted by Gasteiger charge is 2.07. The minimum Gasteiger partial charge on any atom is -0.372 e. The lowest BCUT2D eigenvalue weighted by molar-refractivity contribution is 0.678. The van der Waals surface area contributed by atoms with E-state index in [1.165, 1.54) is 31.4 Å². The SMILES string of the molecule is CCCCN(CCCC)c1ccc(/C=C/c2cc(C#Cc3ccccc3)c(/C=C/c3ccc(C#N)cc3)cc2C#Cc2ccccc2)cc1.